The molecule has 13 unspecified atom stereocenters. The number of phosphoric acid groups is 1. The molecule has 6 aromatic rings. The number of aliphatic hydroxyl groups is 1. The quantitative estimate of drug-likeness (QED) is 0.0148. The van der Waals surface area contributed by atoms with Crippen LogP contribution >= 0.6 is 84.0 Å². The molecule has 55 nitrogen and oxygen atoms in total. The smallest absolute Gasteiger partial charge is 0.387 e. The van der Waals surface area contributed by atoms with Gasteiger partial charge in [0.25, 0.3) is 22.2 Å². The van der Waals surface area contributed by atoms with E-state index < -0.39 is 279 Å². The number of aromatic amines is 4. The summed E-state index contributed by atoms with van der Waals surface area (Å²) in [4.78, 5) is 162. The molecule has 0 bridgehead atoms. The second-order valence-electron chi connectivity index (χ2n) is 33.7. The molecule has 12 heterocycles. The Bertz CT molecular complexity index is 6270. The van der Waals surface area contributed by atoms with Gasteiger partial charge in [-0.3, -0.25) is 112 Å². The first-order valence-corrected chi connectivity index (χ1v) is 56.8. The number of aliphatic hydroxyl groups excluding tert-OH is 1. The number of hydrogen-bond donors (Lipinski definition) is 12. The molecule has 64 heteroatoms. The molecule has 27 atom stereocenters. The van der Waals surface area contributed by atoms with Crippen molar-refractivity contribution in [2.24, 2.45) is 0 Å². The number of hydrogen-bond acceptors (Lipinski definition) is 44. The fourth-order valence-corrected chi connectivity index (χ4v) is 23.2. The normalized spacial score (nSPS) is 28.9. The van der Waals surface area contributed by atoms with Crippen LogP contribution in [0.4, 0.5) is 11.6 Å². The third-order valence-electron chi connectivity index (χ3n) is 23.5. The molecule has 0 aromatic carbocycles. The predicted molar refractivity (Wildman–Crippen MR) is 508 cm³/mol. The van der Waals surface area contributed by atoms with Crippen molar-refractivity contribution in [1.82, 2.24) is 57.3 Å². The number of anilines is 2. The minimum atomic E-state index is -5.91. The van der Waals surface area contributed by atoms with Gasteiger partial charge in [0.05, 0.1) is 98.1 Å². The first-order valence-electron chi connectivity index (χ1n) is 44.5. The lowest BCUT2D eigenvalue weighted by atomic mass is 10.0. The van der Waals surface area contributed by atoms with Crippen molar-refractivity contribution in [3.05, 3.63) is 175 Å². The summed E-state index contributed by atoms with van der Waals surface area (Å²) in [5.41, 5.74) is 3.58. The summed E-state index contributed by atoms with van der Waals surface area (Å²) in [5.74, 6) is -0.236. The van der Waals surface area contributed by atoms with Gasteiger partial charge in [-0.15, -0.1) is 0 Å². The van der Waals surface area contributed by atoms with E-state index in [4.69, 9.17) is 123 Å². The van der Waals surface area contributed by atoms with Crippen LogP contribution in [0.1, 0.15) is 129 Å². The van der Waals surface area contributed by atoms with Crippen LogP contribution in [0.3, 0.4) is 0 Å². The summed E-state index contributed by atoms with van der Waals surface area (Å²) in [7, 11) is -0.627. The number of unbranched alkanes of at least 4 members (excludes halogenated alkanes) is 4. The maximum Gasteiger partial charge on any atom is 0.472 e. The Morgan fingerprint density at radius 1 is 0.373 bits per heavy atom. The Hall–Kier alpha value is -6.41. The van der Waals surface area contributed by atoms with Crippen molar-refractivity contribution in [3.8, 4) is 0 Å². The van der Waals surface area contributed by atoms with E-state index in [9.17, 15) is 67.1 Å². The molecule has 6 aromatic heterocycles. The van der Waals surface area contributed by atoms with Gasteiger partial charge in [0.1, 0.15) is 110 Å². The molecule has 0 saturated carbocycles. The van der Waals surface area contributed by atoms with Crippen molar-refractivity contribution in [2.45, 2.75) is 235 Å². The lowest BCUT2D eigenvalue weighted by Crippen LogP contribution is -2.42. The zero-order chi connectivity index (χ0) is 103. The van der Waals surface area contributed by atoms with Crippen LogP contribution in [0.5, 0.6) is 0 Å². The second kappa shape index (κ2) is 50.3. The SMILES string of the molecule is CCCCCCC[C@H]1O[C@@H](n2cc(C)c(N)nc2=O)CC1OP(=O)(S)OC[C@H]1O[C@@H](n2cc(C)c(=O)[nH]c2=O)C[C@H]1OP(=O)(S)OC[C@H]1O[C@@H](n2cc(C)c(=O)[nH]c2=O)C(OCCOC)C1OP(=O)(O)OC[C@H]1O[C@@H](n2cc(C)c(N)nc2=O)C(OCCOC)[C@H]1OP(=O)(S)OC[C@H]1O[C@@H](n2cc(C)c(=O)[nH]c2=O)C(OCCOC)C1OP(=O)(S)OC[C@H]1O[C@@H](n2cc(C)c(=O)[nH]c2=O)C(OCCOC)C1O. The zero-order valence-corrected chi connectivity index (χ0v) is 86.6. The third-order valence-corrected chi connectivity index (χ3v) is 31.0. The summed E-state index contributed by atoms with van der Waals surface area (Å²) in [5, 5.41) is 11.7. The van der Waals surface area contributed by atoms with E-state index in [0.29, 0.717) is 18.4 Å². The summed E-state index contributed by atoms with van der Waals surface area (Å²) in [6.07, 6.45) is -24.0. The van der Waals surface area contributed by atoms with E-state index in [1.807, 2.05) is 0 Å². The highest BCUT2D eigenvalue weighted by Gasteiger charge is 2.58. The van der Waals surface area contributed by atoms with Crippen LogP contribution in [0, 0.1) is 41.5 Å². The Morgan fingerprint density at radius 3 is 1.11 bits per heavy atom. The van der Waals surface area contributed by atoms with E-state index >= 15 is 13.7 Å². The average molecular weight is 2190 g/mol. The van der Waals surface area contributed by atoms with E-state index in [2.05, 4.69) is 85.8 Å². The predicted octanol–water partition coefficient (Wildman–Crippen LogP) is 2.99. The topological polar surface area (TPSA) is 689 Å². The Balaban J connectivity index is 0.824. The molecule has 0 radical (unpaired) electrons. The number of phosphoric ester groups is 1. The highest BCUT2D eigenvalue weighted by atomic mass is 32.7. The van der Waals surface area contributed by atoms with Crippen LogP contribution in [-0.2, 0) is 134 Å². The van der Waals surface area contributed by atoms with Gasteiger partial charge in [-0.2, -0.15) is 9.97 Å². The maximum atomic E-state index is 15.5. The first kappa shape index (κ1) is 114. The number of thiol groups is 4. The molecule has 0 amide bonds. The van der Waals surface area contributed by atoms with Crippen molar-refractivity contribution in [1.29, 1.82) is 0 Å². The minimum Gasteiger partial charge on any atom is -0.387 e. The van der Waals surface area contributed by atoms with Gasteiger partial charge in [-0.25, -0.2) is 51.6 Å². The molecule has 6 aliphatic heterocycles. The Labute approximate surface area is 828 Å². The minimum absolute atomic E-state index is 0.00215. The number of rotatable bonds is 53. The fourth-order valence-electron chi connectivity index (χ4n) is 16.2. The number of aromatic nitrogens is 12. The molecule has 12 rings (SSSR count). The number of aryl methyl sites for hydroxylation is 6. The number of nitrogen functional groups attached to an aromatic ring is 2. The molecule has 6 aliphatic rings. The number of nitrogens with zero attached hydrogens (tertiary/aromatic N) is 8. The fraction of sp³-hybridized carbons (Fsp3) is 0.692. The van der Waals surface area contributed by atoms with Gasteiger partial charge in [0, 0.05) is 112 Å². The molecule has 6 saturated heterocycles. The van der Waals surface area contributed by atoms with Crippen LogP contribution in [0.15, 0.2) is 85.1 Å². The second-order valence-corrected chi connectivity index (χ2v) is 46.6. The molecule has 0 aliphatic carbocycles. The van der Waals surface area contributed by atoms with Crippen LogP contribution in [0.2, 0.25) is 0 Å². The Kier molecular flexibility index (Phi) is 40.5. The molecule has 142 heavy (non-hydrogen) atoms. The summed E-state index contributed by atoms with van der Waals surface area (Å²) in [6.45, 7) is -16.1. The number of H-pyrrole nitrogens is 4. The van der Waals surface area contributed by atoms with Crippen LogP contribution < -0.4 is 67.8 Å². The van der Waals surface area contributed by atoms with Gasteiger partial charge >= 0.3 is 69.2 Å². The Morgan fingerprint density at radius 2 is 0.683 bits per heavy atom. The number of methoxy groups -OCH3 is 4. The molecule has 6 fully saturated rings. The highest BCUT2D eigenvalue weighted by Crippen LogP contribution is 2.63. The van der Waals surface area contributed by atoms with Gasteiger partial charge in [-0.1, -0.05) is 88.0 Å². The molecular formula is C78H117N14O41P5S4. The summed E-state index contributed by atoms with van der Waals surface area (Å²) < 4.78 is 225. The largest absolute Gasteiger partial charge is 0.472 e. The van der Waals surface area contributed by atoms with E-state index in [1.54, 1.807) is 6.92 Å². The zero-order valence-electron chi connectivity index (χ0n) is 78.6. The molecule has 10 N–H and O–H groups in total. The maximum absolute atomic E-state index is 15.5. The van der Waals surface area contributed by atoms with E-state index in [0.717, 1.165) is 67.1 Å². The van der Waals surface area contributed by atoms with Crippen molar-refractivity contribution < 1.29 is 144 Å². The molecule has 794 valence electrons. The summed E-state index contributed by atoms with van der Waals surface area (Å²) >= 11 is 17.4. The van der Waals surface area contributed by atoms with Crippen molar-refractivity contribution in [2.75, 3.05) is 126 Å². The van der Waals surface area contributed by atoms with Crippen LogP contribution in [0.25, 0.3) is 0 Å². The third kappa shape index (κ3) is 29.2. The summed E-state index contributed by atoms with van der Waals surface area (Å²) in [6, 6.07) is 0. The molecule has 0 spiro atoms. The van der Waals surface area contributed by atoms with Crippen LogP contribution in [-0.4, -0.2) is 279 Å². The van der Waals surface area contributed by atoms with Gasteiger partial charge < -0.3 is 87.8 Å². The molecular weight excluding hydrogens is 2070 g/mol. The average Bonchev–Trinajstić information content (AvgIpc) is 1.62. The highest BCUT2D eigenvalue weighted by molar-refractivity contribution is 8.45. The van der Waals surface area contributed by atoms with Crippen molar-refractivity contribution in [3.63, 3.8) is 0 Å². The lowest BCUT2D eigenvalue weighted by molar-refractivity contribution is -0.0846. The standard InChI is InChI=1S/C78H117N14O41P5S4/c1-12-13-14-15-16-17-45-46(26-53(123-45)87-28-39(2)63(79)81-73(87)98)129-135(106,139)119-34-48-47(27-54(124-48)88-30-41(4)65(94)83-75(88)100)130-136(107,140)121-37-51-56(60(115-23-19-111-9)70(127-51)91-32-43(6)67(96)85-77(91)102)131-134(104,105)118-36-50-57(61(116-24-20-112-10)71(126-50)89-29-40(3)64(80)82-74(89)99)132-138(109,142)122-38-52-58(62(117-25-21-113-11)72(128-52)92-33-44(7)68(97)86-78(92)103)133-137(108,141)120-35-49-55(93)59(114-22-18-110-8)69(125-49)90-31-42(5)66(95)84-76(90)101/h28-33,45-62,69-72,93H,12-27,34-38H2,1-11H3,(H,104,105)(H,106,139)(H,107,140)(H,108,141)(H,109,142)(H2,79,81,98)(H2,80,82,99)(H,83,94,100)(H,84,95,101)(H,85,96,102)(H,86,97,103)/t45-,46?,47-,48-,49-,50-,51-,52-,53-,54-,55?,56?,57+,58?,59?,60?,61?,62?,69-,70-,71-,72-,135?,136?,137?,138?/m1/s1. The van der Waals surface area contributed by atoms with Gasteiger partial charge in [0.15, 0.2) is 24.9 Å². The van der Waals surface area contributed by atoms with E-state index in [1.165, 1.54) is 86.2 Å². The number of nitrogens with one attached hydrogen (secondary N) is 4. The van der Waals surface area contributed by atoms with Gasteiger partial charge in [0.2, 0.25) is 0 Å². The van der Waals surface area contributed by atoms with Crippen molar-refractivity contribution >= 4 is 95.6 Å². The van der Waals surface area contributed by atoms with Gasteiger partial charge in [-0.05, 0) is 48.0 Å². The number of ether oxygens (including phenoxy) is 14. The van der Waals surface area contributed by atoms with E-state index in [-0.39, 0.29) is 85.5 Å². The number of nitrogens with two attached hydrogens (primary N) is 2. The lowest BCUT2D eigenvalue weighted by Gasteiger charge is -2.29. The monoisotopic (exact) mass is 2190 g/mol. The first-order chi connectivity index (χ1) is 67.2.